The molecule has 0 unspecified atom stereocenters. The summed E-state index contributed by atoms with van der Waals surface area (Å²) >= 11 is 0. The van der Waals surface area contributed by atoms with Crippen molar-refractivity contribution < 1.29 is 14.1 Å². The highest BCUT2D eigenvalue weighted by Gasteiger charge is 2.14. The normalized spacial score (nSPS) is 12.1. The number of benzene rings is 2. The first-order chi connectivity index (χ1) is 26.0. The standard InChI is InChI=1S/C34H46N18O3/c1-17(44-48-31(35)36)22-9-21(10-23(12-22)18(2)45-49-32(37)38)11-28(53)6-5-26-16-29(55-52-26)7-8-30(54)43-27-14-24(19(3)46-50-33(39)40)13-25(15-27)20(4)47-51-34(41)42/h9-10,12-16H,5-8,11H2,1-4H3,(H,43,54)(H4,35,36,48)(H4,37,38,49)(H4,39,40,50)(H4,41,42,51)/b44-17+,45-18+,46-19+,47-20+. The molecule has 0 aliphatic rings. The van der Waals surface area contributed by atoms with E-state index in [1.807, 2.05) is 18.2 Å². The minimum Gasteiger partial charge on any atom is -0.369 e. The summed E-state index contributed by atoms with van der Waals surface area (Å²) in [6, 6.07) is 12.3. The van der Waals surface area contributed by atoms with Gasteiger partial charge >= 0.3 is 0 Å². The number of aromatic nitrogens is 1. The van der Waals surface area contributed by atoms with Crippen LogP contribution in [0.25, 0.3) is 0 Å². The summed E-state index contributed by atoms with van der Waals surface area (Å²) in [6.45, 7) is 6.85. The Bertz CT molecular complexity index is 1870. The van der Waals surface area contributed by atoms with Crippen LogP contribution in [0.3, 0.4) is 0 Å². The third kappa shape index (κ3) is 14.6. The molecule has 2 aromatic carbocycles. The van der Waals surface area contributed by atoms with Crippen molar-refractivity contribution in [3.8, 4) is 0 Å². The number of Topliss-reactive ketones (excluding diaryl/α,β-unsaturated/α-hetero) is 1. The number of amides is 1. The zero-order valence-electron chi connectivity index (χ0n) is 30.9. The lowest BCUT2D eigenvalue weighted by molar-refractivity contribution is -0.118. The molecule has 55 heavy (non-hydrogen) atoms. The predicted octanol–water partition coefficient (Wildman–Crippen LogP) is -0.0201. The van der Waals surface area contributed by atoms with Crippen LogP contribution in [0.15, 0.2) is 87.8 Å². The van der Waals surface area contributed by atoms with Gasteiger partial charge < -0.3 is 55.7 Å². The van der Waals surface area contributed by atoms with Crippen molar-refractivity contribution in [1.29, 1.82) is 0 Å². The number of hydrogen-bond acceptors (Lipinski definition) is 12. The molecule has 3 aromatic rings. The first-order valence-corrected chi connectivity index (χ1v) is 16.6. The van der Waals surface area contributed by atoms with Crippen LogP contribution in [0.1, 0.15) is 79.8 Å². The number of guanidine groups is 4. The summed E-state index contributed by atoms with van der Waals surface area (Å²) in [6.07, 6.45) is 0.954. The Balaban J connectivity index is 1.68. The second-order valence-electron chi connectivity index (χ2n) is 12.1. The highest BCUT2D eigenvalue weighted by Crippen LogP contribution is 2.19. The van der Waals surface area contributed by atoms with Gasteiger partial charge in [0.05, 0.1) is 28.5 Å². The number of nitrogens with zero attached hydrogens (tertiary/aromatic N) is 9. The number of aryl methyl sites for hydroxylation is 2. The average molecular weight is 755 g/mol. The number of nitrogens with two attached hydrogens (primary N) is 8. The fourth-order valence-corrected chi connectivity index (χ4v) is 4.73. The molecular weight excluding hydrogens is 708 g/mol. The SMILES string of the molecule is C/C(=N\N=C(N)N)c1cc(CC(=O)CCc2cc(CCC(=O)Nc3cc(/C(C)=N/N=C(N)N)cc(/C(C)=N/N=C(N)N)c3)on2)cc(/C(C)=N/N=C(N)N)c1. The van der Waals surface area contributed by atoms with E-state index in [-0.39, 0.29) is 61.2 Å². The van der Waals surface area contributed by atoms with Gasteiger partial charge in [-0.1, -0.05) is 5.16 Å². The van der Waals surface area contributed by atoms with E-state index in [0.717, 1.165) is 0 Å². The van der Waals surface area contributed by atoms with Gasteiger partial charge in [0.1, 0.15) is 11.5 Å². The van der Waals surface area contributed by atoms with Gasteiger partial charge in [-0.2, -0.15) is 20.4 Å². The largest absolute Gasteiger partial charge is 0.369 e. The van der Waals surface area contributed by atoms with Crippen molar-refractivity contribution in [2.75, 3.05) is 5.32 Å². The Morgan fingerprint density at radius 3 is 1.40 bits per heavy atom. The molecule has 3 rings (SSSR count). The molecule has 0 saturated heterocycles. The van der Waals surface area contributed by atoms with Crippen LogP contribution in [-0.4, -0.2) is 63.5 Å². The Hall–Kier alpha value is -7.45. The van der Waals surface area contributed by atoms with Gasteiger partial charge in [0.25, 0.3) is 0 Å². The molecule has 0 radical (unpaired) electrons. The number of rotatable bonds is 17. The molecule has 0 atom stereocenters. The van der Waals surface area contributed by atoms with Gasteiger partial charge in [0, 0.05) is 55.0 Å². The summed E-state index contributed by atoms with van der Waals surface area (Å²) in [5.41, 5.74) is 49.6. The first-order valence-electron chi connectivity index (χ1n) is 16.6. The molecule has 21 nitrogen and oxygen atoms in total. The van der Waals surface area contributed by atoms with Gasteiger partial charge in [0.15, 0.2) is 0 Å². The van der Waals surface area contributed by atoms with Crippen LogP contribution in [0.5, 0.6) is 0 Å². The monoisotopic (exact) mass is 754 g/mol. The molecule has 1 aromatic heterocycles. The van der Waals surface area contributed by atoms with Crippen molar-refractivity contribution in [3.05, 3.63) is 81.7 Å². The number of hydrogen-bond donors (Lipinski definition) is 9. The maximum atomic E-state index is 13.1. The first kappa shape index (κ1) is 42.0. The maximum Gasteiger partial charge on any atom is 0.224 e. The van der Waals surface area contributed by atoms with E-state index in [4.69, 9.17) is 50.4 Å². The number of carbonyl (C=O) groups excluding carboxylic acids is 2. The third-order valence-electron chi connectivity index (χ3n) is 7.41. The molecule has 21 heteroatoms. The van der Waals surface area contributed by atoms with Gasteiger partial charge in [-0.15, -0.1) is 20.4 Å². The molecule has 0 aliphatic heterocycles. The number of carbonyl (C=O) groups is 2. The molecule has 0 bridgehead atoms. The molecule has 17 N–H and O–H groups in total. The second kappa shape index (κ2) is 20.0. The second-order valence-corrected chi connectivity index (χ2v) is 12.1. The molecular formula is C34H46N18O3. The molecule has 0 spiro atoms. The highest BCUT2D eigenvalue weighted by atomic mass is 16.5. The predicted molar refractivity (Wildman–Crippen MR) is 215 cm³/mol. The molecule has 0 fully saturated rings. The zero-order chi connectivity index (χ0) is 40.7. The van der Waals surface area contributed by atoms with Crippen molar-refractivity contribution in [1.82, 2.24) is 5.16 Å². The fourth-order valence-electron chi connectivity index (χ4n) is 4.73. The van der Waals surface area contributed by atoms with Crippen molar-refractivity contribution in [2.24, 2.45) is 86.7 Å². The van der Waals surface area contributed by atoms with E-state index in [9.17, 15) is 9.59 Å². The maximum absolute atomic E-state index is 13.1. The van der Waals surface area contributed by atoms with E-state index < -0.39 is 0 Å². The van der Waals surface area contributed by atoms with Crippen molar-refractivity contribution in [2.45, 2.75) is 59.8 Å². The zero-order valence-corrected chi connectivity index (χ0v) is 30.9. The van der Waals surface area contributed by atoms with Crippen molar-refractivity contribution >= 4 is 64.1 Å². The Labute approximate surface area is 316 Å². The summed E-state index contributed by atoms with van der Waals surface area (Å²) in [4.78, 5) is 26.1. The minimum atomic E-state index is -0.299. The van der Waals surface area contributed by atoms with E-state index in [2.05, 4.69) is 51.3 Å². The Morgan fingerprint density at radius 2 is 0.982 bits per heavy atom. The van der Waals surface area contributed by atoms with E-state index in [0.29, 0.717) is 74.2 Å². The Kier molecular flexibility index (Phi) is 15.2. The summed E-state index contributed by atoms with van der Waals surface area (Å²) < 4.78 is 5.45. The molecule has 0 saturated carbocycles. The van der Waals surface area contributed by atoms with Gasteiger partial charge in [0.2, 0.25) is 29.7 Å². The lowest BCUT2D eigenvalue weighted by Crippen LogP contribution is -2.22. The topological polar surface area (TPSA) is 379 Å². The van der Waals surface area contributed by atoms with Gasteiger partial charge in [-0.05, 0) is 80.8 Å². The van der Waals surface area contributed by atoms with Crippen molar-refractivity contribution in [3.63, 3.8) is 0 Å². The lowest BCUT2D eigenvalue weighted by atomic mass is 9.96. The number of ketones is 1. The average Bonchev–Trinajstić information content (AvgIpc) is 3.59. The lowest BCUT2D eigenvalue weighted by Gasteiger charge is -2.10. The molecule has 1 amide bonds. The molecule has 290 valence electrons. The highest BCUT2D eigenvalue weighted by molar-refractivity contribution is 6.07. The van der Waals surface area contributed by atoms with Crippen LogP contribution in [0, 0.1) is 0 Å². The van der Waals surface area contributed by atoms with Gasteiger partial charge in [-0.3, -0.25) is 9.59 Å². The van der Waals surface area contributed by atoms with Crippen LogP contribution in [0.2, 0.25) is 0 Å². The third-order valence-corrected chi connectivity index (χ3v) is 7.41. The number of nitrogens with one attached hydrogen (secondary N) is 1. The smallest absolute Gasteiger partial charge is 0.224 e. The van der Waals surface area contributed by atoms with Gasteiger partial charge in [-0.25, -0.2) is 0 Å². The summed E-state index contributed by atoms with van der Waals surface area (Å²) in [7, 11) is 0. The van der Waals surface area contributed by atoms with E-state index in [1.165, 1.54) is 0 Å². The quantitative estimate of drug-likeness (QED) is 0.0499. The number of anilines is 1. The van der Waals surface area contributed by atoms with Crippen LogP contribution < -0.4 is 51.2 Å². The van der Waals surface area contributed by atoms with Crippen LogP contribution in [-0.2, 0) is 28.9 Å². The molecule has 0 aliphatic carbocycles. The van der Waals surface area contributed by atoms with Crippen LogP contribution in [0.4, 0.5) is 5.69 Å². The van der Waals surface area contributed by atoms with E-state index >= 15 is 0 Å². The Morgan fingerprint density at radius 1 is 0.564 bits per heavy atom. The minimum absolute atomic E-state index is 0.0524. The van der Waals surface area contributed by atoms with Crippen LogP contribution >= 0.6 is 0 Å². The summed E-state index contributed by atoms with van der Waals surface area (Å²) in [5, 5.41) is 37.9. The summed E-state index contributed by atoms with van der Waals surface area (Å²) in [5.74, 6) is -0.680. The van der Waals surface area contributed by atoms with E-state index in [1.54, 1.807) is 52.0 Å². The molecule has 1 heterocycles. The fraction of sp³-hybridized carbons (Fsp3) is 0.265.